The van der Waals surface area contributed by atoms with Crippen LogP contribution in [0.5, 0.6) is 0 Å². The summed E-state index contributed by atoms with van der Waals surface area (Å²) in [7, 11) is 0. The summed E-state index contributed by atoms with van der Waals surface area (Å²) < 4.78 is 1.81. The van der Waals surface area contributed by atoms with Crippen LogP contribution in [-0.2, 0) is 11.3 Å². The summed E-state index contributed by atoms with van der Waals surface area (Å²) in [4.78, 5) is 37.8. The highest BCUT2D eigenvalue weighted by atomic mass is 16.4. The predicted octanol–water partition coefficient (Wildman–Crippen LogP) is 1.48. The molecule has 1 aromatic heterocycles. The number of amides is 2. The molecule has 136 valence electrons. The molecule has 3 heterocycles. The maximum absolute atomic E-state index is 12.6. The summed E-state index contributed by atoms with van der Waals surface area (Å²) in [6, 6.07) is 4.07. The third-order valence-electron chi connectivity index (χ3n) is 5.52. The Balaban J connectivity index is 1.75. The Labute approximate surface area is 146 Å². The van der Waals surface area contributed by atoms with Crippen molar-refractivity contribution in [2.75, 3.05) is 13.1 Å². The largest absolute Gasteiger partial charge is 0.480 e. The summed E-state index contributed by atoms with van der Waals surface area (Å²) in [6.07, 6.45) is 1.64. The Morgan fingerprint density at radius 1 is 1.32 bits per heavy atom. The number of nitrogens with one attached hydrogen (secondary N) is 1. The lowest BCUT2D eigenvalue weighted by Crippen LogP contribution is -2.55. The Morgan fingerprint density at radius 3 is 2.76 bits per heavy atom. The first kappa shape index (κ1) is 17.5. The first-order chi connectivity index (χ1) is 11.9. The van der Waals surface area contributed by atoms with Crippen LogP contribution in [0.2, 0.25) is 0 Å². The molecule has 2 N–H and O–H groups in total. The number of pyridine rings is 1. The van der Waals surface area contributed by atoms with Crippen molar-refractivity contribution in [3.05, 3.63) is 34.2 Å². The second kappa shape index (κ2) is 6.90. The maximum Gasteiger partial charge on any atom is 0.326 e. The molecule has 0 aromatic carbocycles. The van der Waals surface area contributed by atoms with Crippen LogP contribution in [0.25, 0.3) is 0 Å². The van der Waals surface area contributed by atoms with Gasteiger partial charge in [0.1, 0.15) is 6.04 Å². The van der Waals surface area contributed by atoms with Gasteiger partial charge in [0.05, 0.1) is 0 Å². The van der Waals surface area contributed by atoms with Gasteiger partial charge in [-0.15, -0.1) is 0 Å². The van der Waals surface area contributed by atoms with Crippen molar-refractivity contribution in [1.29, 1.82) is 0 Å². The molecule has 1 fully saturated rings. The number of aromatic nitrogens is 1. The molecule has 3 rings (SSSR count). The number of likely N-dealkylation sites (tertiary alicyclic amines) is 1. The molecule has 25 heavy (non-hydrogen) atoms. The number of carboxylic acids is 1. The quantitative estimate of drug-likeness (QED) is 0.863. The number of aliphatic carboxylic acids is 1. The molecule has 7 nitrogen and oxygen atoms in total. The van der Waals surface area contributed by atoms with Crippen LogP contribution in [0.3, 0.4) is 0 Å². The monoisotopic (exact) mass is 347 g/mol. The van der Waals surface area contributed by atoms with Crippen LogP contribution < -0.4 is 10.9 Å². The fourth-order valence-electron chi connectivity index (χ4n) is 3.97. The molecule has 2 amide bonds. The van der Waals surface area contributed by atoms with E-state index in [1.54, 1.807) is 17.0 Å². The molecule has 0 aliphatic carbocycles. The van der Waals surface area contributed by atoms with E-state index in [4.69, 9.17) is 0 Å². The van der Waals surface area contributed by atoms with Gasteiger partial charge in [-0.05, 0) is 24.3 Å². The van der Waals surface area contributed by atoms with Gasteiger partial charge in [-0.25, -0.2) is 9.59 Å². The number of fused-ring (bicyclic) bond motifs is 4. The second-order valence-electron chi connectivity index (χ2n) is 7.25. The summed E-state index contributed by atoms with van der Waals surface area (Å²) >= 11 is 0. The molecule has 2 bridgehead atoms. The van der Waals surface area contributed by atoms with Crippen molar-refractivity contribution in [1.82, 2.24) is 14.8 Å². The van der Waals surface area contributed by atoms with Crippen molar-refractivity contribution < 1.29 is 14.7 Å². The Bertz CT molecular complexity index is 729. The van der Waals surface area contributed by atoms with Gasteiger partial charge in [-0.1, -0.05) is 26.3 Å². The van der Waals surface area contributed by atoms with E-state index >= 15 is 0 Å². The second-order valence-corrected chi connectivity index (χ2v) is 7.25. The van der Waals surface area contributed by atoms with Crippen LogP contribution in [0, 0.1) is 11.8 Å². The number of piperidine rings is 1. The van der Waals surface area contributed by atoms with Gasteiger partial charge in [-0.3, -0.25) is 4.79 Å². The molecule has 2 aliphatic rings. The molecule has 0 radical (unpaired) electrons. The van der Waals surface area contributed by atoms with Crippen LogP contribution in [0.4, 0.5) is 4.79 Å². The van der Waals surface area contributed by atoms with Crippen LogP contribution in [0.1, 0.15) is 38.3 Å². The van der Waals surface area contributed by atoms with Crippen molar-refractivity contribution in [2.24, 2.45) is 11.8 Å². The standard InChI is InChI=1S/C18H25N3O4/c1-3-11(2)16(17(23)24)19-18(25)20-8-12-7-13(10-20)14-5-4-6-15(22)21(14)9-12/h4-6,11-13,16H,3,7-10H2,1-2H3,(H,19,25)(H,23,24)/t11-,12?,13?,16-/m0/s1. The lowest BCUT2D eigenvalue weighted by molar-refractivity contribution is -0.140. The van der Waals surface area contributed by atoms with Crippen LogP contribution >= 0.6 is 0 Å². The highest BCUT2D eigenvalue weighted by Crippen LogP contribution is 2.34. The Hall–Kier alpha value is -2.31. The van der Waals surface area contributed by atoms with Crippen molar-refractivity contribution in [2.45, 2.75) is 45.2 Å². The van der Waals surface area contributed by atoms with Crippen molar-refractivity contribution >= 4 is 12.0 Å². The van der Waals surface area contributed by atoms with E-state index in [2.05, 4.69) is 5.32 Å². The van der Waals surface area contributed by atoms with Gasteiger partial charge in [0.2, 0.25) is 0 Å². The minimum Gasteiger partial charge on any atom is -0.480 e. The van der Waals surface area contributed by atoms with Gasteiger partial charge in [0, 0.05) is 37.3 Å². The molecular weight excluding hydrogens is 322 g/mol. The number of hydrogen-bond donors (Lipinski definition) is 2. The topological polar surface area (TPSA) is 91.6 Å². The fraction of sp³-hybridized carbons (Fsp3) is 0.611. The van der Waals surface area contributed by atoms with Gasteiger partial charge >= 0.3 is 12.0 Å². The lowest BCUT2D eigenvalue weighted by atomic mass is 9.83. The molecular formula is C18H25N3O4. The molecule has 1 aromatic rings. The van der Waals surface area contributed by atoms with E-state index in [9.17, 15) is 19.5 Å². The zero-order valence-corrected chi connectivity index (χ0v) is 14.6. The molecule has 0 spiro atoms. The van der Waals surface area contributed by atoms with Gasteiger partial charge in [0.15, 0.2) is 0 Å². The molecule has 4 atom stereocenters. The first-order valence-electron chi connectivity index (χ1n) is 8.88. The SMILES string of the molecule is CC[C@H](C)[C@H](NC(=O)N1CC2CC(C1)c1cccc(=O)n1C2)C(=O)O. The van der Waals surface area contributed by atoms with Crippen molar-refractivity contribution in [3.8, 4) is 0 Å². The minimum absolute atomic E-state index is 0.00723. The van der Waals surface area contributed by atoms with E-state index in [-0.39, 0.29) is 29.3 Å². The number of rotatable bonds is 4. The maximum atomic E-state index is 12.6. The Kier molecular flexibility index (Phi) is 4.83. The fourth-order valence-corrected chi connectivity index (χ4v) is 3.97. The summed E-state index contributed by atoms with van der Waals surface area (Å²) in [5.41, 5.74) is 0.978. The van der Waals surface area contributed by atoms with Gasteiger partial charge < -0.3 is 19.9 Å². The number of carboxylic acid groups (broad SMARTS) is 1. The van der Waals surface area contributed by atoms with E-state index in [0.717, 1.165) is 12.1 Å². The number of nitrogens with zero attached hydrogens (tertiary/aromatic N) is 2. The number of hydrogen-bond acceptors (Lipinski definition) is 3. The lowest BCUT2D eigenvalue weighted by Gasteiger charge is -2.43. The normalized spacial score (nSPS) is 24.2. The summed E-state index contributed by atoms with van der Waals surface area (Å²) in [6.45, 7) is 5.41. The third-order valence-corrected chi connectivity index (χ3v) is 5.52. The highest BCUT2D eigenvalue weighted by molar-refractivity contribution is 5.83. The zero-order chi connectivity index (χ0) is 18.1. The number of urea groups is 1. The van der Waals surface area contributed by atoms with Crippen LogP contribution in [-0.4, -0.2) is 45.7 Å². The molecule has 7 heteroatoms. The third kappa shape index (κ3) is 3.41. The predicted molar refractivity (Wildman–Crippen MR) is 92.5 cm³/mol. The Morgan fingerprint density at radius 2 is 2.08 bits per heavy atom. The molecule has 1 saturated heterocycles. The number of carbonyl (C=O) groups is 2. The average Bonchev–Trinajstić information content (AvgIpc) is 2.59. The number of carbonyl (C=O) groups excluding carboxylic acids is 1. The van der Waals surface area contributed by atoms with E-state index < -0.39 is 12.0 Å². The average molecular weight is 347 g/mol. The smallest absolute Gasteiger partial charge is 0.326 e. The van der Waals surface area contributed by atoms with Gasteiger partial charge in [0.25, 0.3) is 5.56 Å². The van der Waals surface area contributed by atoms with E-state index in [1.807, 2.05) is 24.5 Å². The van der Waals surface area contributed by atoms with E-state index in [1.165, 1.54) is 0 Å². The van der Waals surface area contributed by atoms with Crippen LogP contribution in [0.15, 0.2) is 23.0 Å². The first-order valence-corrected chi connectivity index (χ1v) is 8.88. The molecule has 2 aliphatic heterocycles. The van der Waals surface area contributed by atoms with E-state index in [0.29, 0.717) is 26.1 Å². The zero-order valence-electron chi connectivity index (χ0n) is 14.6. The molecule has 2 unspecified atom stereocenters. The minimum atomic E-state index is -1.00. The van der Waals surface area contributed by atoms with Crippen molar-refractivity contribution in [3.63, 3.8) is 0 Å². The summed E-state index contributed by atoms with van der Waals surface area (Å²) in [5.74, 6) is -0.787. The van der Waals surface area contributed by atoms with Gasteiger partial charge in [-0.2, -0.15) is 0 Å². The summed E-state index contributed by atoms with van der Waals surface area (Å²) in [5, 5.41) is 12.1. The highest BCUT2D eigenvalue weighted by Gasteiger charge is 2.37. The molecule has 0 saturated carbocycles.